The molecule has 188 valence electrons. The Morgan fingerprint density at radius 3 is 2.49 bits per heavy atom. The van der Waals surface area contributed by atoms with Gasteiger partial charge in [-0.05, 0) is 58.1 Å². The molecular formula is C28H30N8O. The minimum absolute atomic E-state index is 0.0103. The molecule has 0 unspecified atom stereocenters. The van der Waals surface area contributed by atoms with Crippen LogP contribution in [0.1, 0.15) is 63.5 Å². The predicted molar refractivity (Wildman–Crippen MR) is 136 cm³/mol. The van der Waals surface area contributed by atoms with Crippen molar-refractivity contribution in [2.24, 2.45) is 10.8 Å². The van der Waals surface area contributed by atoms with Crippen molar-refractivity contribution in [3.05, 3.63) is 35.8 Å². The molecule has 1 spiro atoms. The van der Waals surface area contributed by atoms with Crippen LogP contribution in [-0.2, 0) is 10.2 Å². The molecule has 0 radical (unpaired) electrons. The number of fused-ring (bicyclic) bond motifs is 2. The minimum Gasteiger partial charge on any atom is -0.350 e. The van der Waals surface area contributed by atoms with Crippen LogP contribution in [-0.4, -0.2) is 57.5 Å². The van der Waals surface area contributed by atoms with E-state index in [0.717, 1.165) is 56.1 Å². The van der Waals surface area contributed by atoms with Gasteiger partial charge < -0.3 is 14.7 Å². The number of piperazine rings is 1. The van der Waals surface area contributed by atoms with E-state index in [1.807, 2.05) is 6.07 Å². The van der Waals surface area contributed by atoms with E-state index in [4.69, 9.17) is 9.97 Å². The molecule has 2 aromatic heterocycles. The maximum absolute atomic E-state index is 13.5. The van der Waals surface area contributed by atoms with E-state index >= 15 is 0 Å². The first kappa shape index (κ1) is 22.5. The molecule has 4 aliphatic carbocycles. The number of carbonyl (C=O) groups is 1. The van der Waals surface area contributed by atoms with Gasteiger partial charge in [0.15, 0.2) is 0 Å². The zero-order chi connectivity index (χ0) is 25.6. The highest BCUT2D eigenvalue weighted by Gasteiger charge is 2.73. The van der Waals surface area contributed by atoms with Gasteiger partial charge in [0.05, 0.1) is 28.5 Å². The third kappa shape index (κ3) is 2.94. The number of carbonyl (C=O) groups excluding carboxylic acids is 1. The zero-order valence-corrected chi connectivity index (χ0v) is 21.3. The molecule has 2 aliphatic heterocycles. The zero-order valence-electron chi connectivity index (χ0n) is 21.3. The number of amides is 1. The molecule has 8 rings (SSSR count). The van der Waals surface area contributed by atoms with Gasteiger partial charge in [0, 0.05) is 48.9 Å². The molecule has 37 heavy (non-hydrogen) atoms. The second kappa shape index (κ2) is 7.41. The quantitative estimate of drug-likeness (QED) is 0.638. The average Bonchev–Trinajstić information content (AvgIpc) is 3.20. The van der Waals surface area contributed by atoms with Crippen molar-refractivity contribution in [1.29, 1.82) is 10.5 Å². The Bertz CT molecular complexity index is 1380. The molecule has 4 saturated carbocycles. The molecule has 5 fully saturated rings. The van der Waals surface area contributed by atoms with Crippen molar-refractivity contribution in [2.75, 3.05) is 29.4 Å². The molecule has 1 saturated heterocycles. The predicted octanol–water partition coefficient (Wildman–Crippen LogP) is 3.44. The Hall–Kier alpha value is -3.72. The van der Waals surface area contributed by atoms with Crippen molar-refractivity contribution < 1.29 is 4.79 Å². The molecule has 4 heterocycles. The molecule has 2 atom stereocenters. The van der Waals surface area contributed by atoms with E-state index < -0.39 is 0 Å². The lowest BCUT2D eigenvalue weighted by Crippen LogP contribution is -2.70. The van der Waals surface area contributed by atoms with Crippen molar-refractivity contribution in [3.63, 3.8) is 0 Å². The third-order valence-electron chi connectivity index (χ3n) is 9.76. The molecule has 6 aliphatic rings. The molecule has 9 nitrogen and oxygen atoms in total. The van der Waals surface area contributed by atoms with Gasteiger partial charge in [-0.2, -0.15) is 10.5 Å². The van der Waals surface area contributed by atoms with Crippen molar-refractivity contribution in [3.8, 4) is 12.1 Å². The Kier molecular flexibility index (Phi) is 4.50. The Balaban J connectivity index is 1.19. The number of pyridine rings is 1. The van der Waals surface area contributed by atoms with Crippen molar-refractivity contribution in [1.82, 2.24) is 19.9 Å². The van der Waals surface area contributed by atoms with E-state index in [1.54, 1.807) is 18.6 Å². The minimum atomic E-state index is -0.288. The molecular weight excluding hydrogens is 464 g/mol. The highest BCUT2D eigenvalue weighted by atomic mass is 16.2. The summed E-state index contributed by atoms with van der Waals surface area (Å²) in [6, 6.07) is 8.37. The van der Waals surface area contributed by atoms with Crippen LogP contribution in [0, 0.1) is 33.5 Å². The average molecular weight is 495 g/mol. The second-order valence-electron chi connectivity index (χ2n) is 12.1. The van der Waals surface area contributed by atoms with Crippen molar-refractivity contribution >= 4 is 23.4 Å². The van der Waals surface area contributed by atoms with Crippen molar-refractivity contribution in [2.45, 2.75) is 69.9 Å². The number of anilines is 3. The molecule has 2 aromatic rings. The van der Waals surface area contributed by atoms with Gasteiger partial charge in [-0.3, -0.25) is 4.79 Å². The van der Waals surface area contributed by atoms with E-state index in [2.05, 4.69) is 45.7 Å². The summed E-state index contributed by atoms with van der Waals surface area (Å²) in [5.74, 6) is 2.85. The van der Waals surface area contributed by atoms with Crippen LogP contribution in [0.2, 0.25) is 0 Å². The van der Waals surface area contributed by atoms with Crippen LogP contribution in [0.4, 0.5) is 17.5 Å². The maximum atomic E-state index is 13.5. The van der Waals surface area contributed by atoms with Gasteiger partial charge in [0.1, 0.15) is 23.8 Å². The summed E-state index contributed by atoms with van der Waals surface area (Å²) >= 11 is 0. The Morgan fingerprint density at radius 2 is 1.81 bits per heavy atom. The Labute approximate surface area is 216 Å². The summed E-state index contributed by atoms with van der Waals surface area (Å²) in [5, 5.41) is 18.8. The normalized spacial score (nSPS) is 32.5. The van der Waals surface area contributed by atoms with E-state index in [-0.39, 0.29) is 34.2 Å². The SMILES string of the molecule is C[C@@H]1CN(c2ncnc3c2C2(CCC2)CN3c2cc(C#N)ccn2)[C@@H](C)CN1C(=O)C12CC(C#N)(C1)C2. The largest absolute Gasteiger partial charge is 0.350 e. The lowest BCUT2D eigenvalue weighted by molar-refractivity contribution is -0.198. The van der Waals surface area contributed by atoms with Crippen LogP contribution < -0.4 is 9.80 Å². The van der Waals surface area contributed by atoms with Gasteiger partial charge in [-0.15, -0.1) is 0 Å². The van der Waals surface area contributed by atoms with E-state index in [0.29, 0.717) is 18.7 Å². The summed E-state index contributed by atoms with van der Waals surface area (Å²) < 4.78 is 0. The first-order chi connectivity index (χ1) is 17.8. The lowest BCUT2D eigenvalue weighted by atomic mass is 9.35. The maximum Gasteiger partial charge on any atom is 0.229 e. The van der Waals surface area contributed by atoms with Crippen LogP contribution in [0.25, 0.3) is 0 Å². The highest BCUT2D eigenvalue weighted by molar-refractivity contribution is 5.87. The number of aromatic nitrogens is 3. The fourth-order valence-corrected chi connectivity index (χ4v) is 7.70. The Morgan fingerprint density at radius 1 is 1.05 bits per heavy atom. The van der Waals surface area contributed by atoms with Gasteiger partial charge >= 0.3 is 0 Å². The lowest BCUT2D eigenvalue weighted by Gasteiger charge is -2.67. The first-order valence-corrected chi connectivity index (χ1v) is 13.3. The topological polar surface area (TPSA) is 113 Å². The molecule has 1 amide bonds. The fourth-order valence-electron chi connectivity index (χ4n) is 7.70. The monoisotopic (exact) mass is 494 g/mol. The standard InChI is InChI=1S/C28H30N8O/c1-18-11-35(25(37)28-12-26(13-28,14-28)15-30)19(2)10-34(18)23-22-24(33-17-32-23)36(16-27(22)5-3-6-27)21-8-20(9-29)4-7-31-21/h4,7-8,17-19H,3,5-6,10-14,16H2,1-2H3/t18-,19+,26?,28?/m0/s1. The van der Waals surface area contributed by atoms with Crippen LogP contribution in [0.5, 0.6) is 0 Å². The van der Waals surface area contributed by atoms with Crippen LogP contribution >= 0.6 is 0 Å². The number of nitriles is 2. The molecule has 9 heteroatoms. The molecule has 2 bridgehead atoms. The summed E-state index contributed by atoms with van der Waals surface area (Å²) in [4.78, 5) is 34.3. The molecule has 0 aromatic carbocycles. The van der Waals surface area contributed by atoms with E-state index in [1.165, 1.54) is 12.0 Å². The summed E-state index contributed by atoms with van der Waals surface area (Å²) in [7, 11) is 0. The third-order valence-corrected chi connectivity index (χ3v) is 9.76. The smallest absolute Gasteiger partial charge is 0.229 e. The number of hydrogen-bond acceptors (Lipinski definition) is 8. The van der Waals surface area contributed by atoms with Gasteiger partial charge in [-0.1, -0.05) is 6.42 Å². The van der Waals surface area contributed by atoms with Gasteiger partial charge in [0.2, 0.25) is 5.91 Å². The highest BCUT2D eigenvalue weighted by Crippen LogP contribution is 2.73. The molecule has 0 N–H and O–H groups in total. The fraction of sp³-hybridized carbons (Fsp3) is 0.571. The number of rotatable bonds is 3. The summed E-state index contributed by atoms with van der Waals surface area (Å²) in [5.41, 5.74) is 1.26. The van der Waals surface area contributed by atoms with Crippen LogP contribution in [0.15, 0.2) is 24.7 Å². The van der Waals surface area contributed by atoms with Gasteiger partial charge in [-0.25, -0.2) is 15.0 Å². The van der Waals surface area contributed by atoms with Gasteiger partial charge in [0.25, 0.3) is 0 Å². The summed E-state index contributed by atoms with van der Waals surface area (Å²) in [6.45, 7) is 6.47. The first-order valence-electron chi connectivity index (χ1n) is 13.3. The van der Waals surface area contributed by atoms with E-state index in [9.17, 15) is 15.3 Å². The summed E-state index contributed by atoms with van der Waals surface area (Å²) in [6.07, 6.45) is 8.87. The second-order valence-corrected chi connectivity index (χ2v) is 12.1. The number of nitrogens with zero attached hydrogens (tertiary/aromatic N) is 8. The number of hydrogen-bond donors (Lipinski definition) is 0. The van der Waals surface area contributed by atoms with Crippen LogP contribution in [0.3, 0.4) is 0 Å².